The Balaban J connectivity index is 1.57. The quantitative estimate of drug-likeness (QED) is 0.105. The lowest BCUT2D eigenvalue weighted by molar-refractivity contribution is -0.347. The third-order valence-electron chi connectivity index (χ3n) is 14.0. The highest BCUT2D eigenvalue weighted by molar-refractivity contribution is 5.82. The van der Waals surface area contributed by atoms with E-state index in [1.807, 2.05) is 76.3 Å². The van der Waals surface area contributed by atoms with Crippen molar-refractivity contribution in [3.8, 4) is 0 Å². The number of carbonyl (C=O) groups is 1. The lowest BCUT2D eigenvalue weighted by atomic mass is 9.80. The molecule has 0 saturated carbocycles. The molecule has 4 aliphatic rings. The normalized spacial score (nSPS) is 41.2. The van der Waals surface area contributed by atoms with Gasteiger partial charge in [-0.15, -0.1) is 0 Å². The van der Waals surface area contributed by atoms with Gasteiger partial charge >= 0.3 is 5.97 Å². The lowest BCUT2D eigenvalue weighted by Crippen LogP contribution is -2.58. The first-order valence-electron chi connectivity index (χ1n) is 23.5. The second kappa shape index (κ2) is 25.5. The SMILES string of the molecule is CCCC(C)C1OC1C(OC)C(C)C1CCCC2(CC3OC(=O)C=CC(C)C(O)CC(OC)C=CC(C)C(O)CC(O)C(OC)CC=CC=CC=CC(C)C(O)CC(O2)C3C)O1. The smallest absolute Gasteiger partial charge is 0.330 e. The Hall–Kier alpha value is -2.23. The molecule has 19 atom stereocenters. The minimum absolute atomic E-state index is 0.0154. The Morgan fingerprint density at radius 2 is 1.45 bits per heavy atom. The van der Waals surface area contributed by atoms with Crippen LogP contribution in [0.15, 0.2) is 60.8 Å². The molecule has 3 fully saturated rings. The van der Waals surface area contributed by atoms with Gasteiger partial charge in [0.15, 0.2) is 5.79 Å². The molecule has 0 aromatic heterocycles. The molecule has 62 heavy (non-hydrogen) atoms. The molecule has 12 heteroatoms. The van der Waals surface area contributed by atoms with Gasteiger partial charge in [0, 0.05) is 89.1 Å². The zero-order valence-electron chi connectivity index (χ0n) is 39.3. The highest BCUT2D eigenvalue weighted by Gasteiger charge is 2.55. The van der Waals surface area contributed by atoms with Gasteiger partial charge in [-0.25, -0.2) is 4.79 Å². The van der Waals surface area contributed by atoms with Crippen molar-refractivity contribution in [3.63, 3.8) is 0 Å². The van der Waals surface area contributed by atoms with E-state index in [0.29, 0.717) is 31.6 Å². The molecule has 0 aromatic rings. The van der Waals surface area contributed by atoms with Crippen LogP contribution in [0.4, 0.5) is 0 Å². The number of hydrogen-bond donors (Lipinski definition) is 4. The maximum Gasteiger partial charge on any atom is 0.330 e. The van der Waals surface area contributed by atoms with Crippen molar-refractivity contribution in [2.75, 3.05) is 21.3 Å². The first kappa shape index (κ1) is 52.4. The van der Waals surface area contributed by atoms with Crippen LogP contribution in [0, 0.1) is 35.5 Å². The maximum atomic E-state index is 13.6. The fourth-order valence-electron chi connectivity index (χ4n) is 9.43. The van der Waals surface area contributed by atoms with E-state index in [1.165, 1.54) is 6.08 Å². The predicted molar refractivity (Wildman–Crippen MR) is 240 cm³/mol. The van der Waals surface area contributed by atoms with Crippen LogP contribution in [0.5, 0.6) is 0 Å². The number of epoxide rings is 1. The second-order valence-electron chi connectivity index (χ2n) is 18.8. The van der Waals surface area contributed by atoms with Crippen LogP contribution < -0.4 is 0 Å². The molecule has 4 N–H and O–H groups in total. The average Bonchev–Trinajstić information content (AvgIpc) is 4.04. The third-order valence-corrected chi connectivity index (χ3v) is 14.0. The summed E-state index contributed by atoms with van der Waals surface area (Å²) >= 11 is 0. The van der Waals surface area contributed by atoms with Crippen molar-refractivity contribution in [1.82, 2.24) is 0 Å². The van der Waals surface area contributed by atoms with Crippen molar-refractivity contribution in [2.24, 2.45) is 35.5 Å². The summed E-state index contributed by atoms with van der Waals surface area (Å²) in [6.07, 6.45) is 18.7. The lowest BCUT2D eigenvalue weighted by Gasteiger charge is -2.51. The monoisotopic (exact) mass is 875 g/mol. The Bertz CT molecular complexity index is 1480. The summed E-state index contributed by atoms with van der Waals surface area (Å²) in [5.41, 5.74) is 0. The fraction of sp³-hybridized carbons (Fsp3) is 0.780. The summed E-state index contributed by atoms with van der Waals surface area (Å²) in [7, 11) is 4.85. The summed E-state index contributed by atoms with van der Waals surface area (Å²) in [6, 6.07) is 0. The van der Waals surface area contributed by atoms with Gasteiger partial charge in [-0.05, 0) is 31.6 Å². The van der Waals surface area contributed by atoms with Gasteiger partial charge in [-0.3, -0.25) is 0 Å². The first-order chi connectivity index (χ1) is 29.6. The van der Waals surface area contributed by atoms with Crippen LogP contribution in [0.2, 0.25) is 0 Å². The van der Waals surface area contributed by atoms with E-state index in [1.54, 1.807) is 27.4 Å². The summed E-state index contributed by atoms with van der Waals surface area (Å²) in [6.45, 7) is 14.3. The van der Waals surface area contributed by atoms with Crippen LogP contribution in [-0.2, 0) is 38.0 Å². The van der Waals surface area contributed by atoms with Gasteiger partial charge in [0.05, 0.1) is 61.0 Å². The number of aliphatic hydroxyl groups is 4. The molecule has 4 rings (SSSR count). The van der Waals surface area contributed by atoms with E-state index in [4.69, 9.17) is 33.2 Å². The minimum atomic E-state index is -1.02. The van der Waals surface area contributed by atoms with Crippen molar-refractivity contribution < 1.29 is 58.4 Å². The summed E-state index contributed by atoms with van der Waals surface area (Å²) in [4.78, 5) is 13.6. The largest absolute Gasteiger partial charge is 0.459 e. The van der Waals surface area contributed by atoms with Crippen LogP contribution in [-0.4, -0.2) is 127 Å². The highest BCUT2D eigenvalue weighted by Crippen LogP contribution is 2.47. The van der Waals surface area contributed by atoms with E-state index >= 15 is 0 Å². The molecule has 0 amide bonds. The molecular formula is C50H82O12. The van der Waals surface area contributed by atoms with Crippen LogP contribution in [0.25, 0.3) is 0 Å². The Labute approximate surface area is 372 Å². The summed E-state index contributed by atoms with van der Waals surface area (Å²) < 4.78 is 43.7. The number of rotatable bonds is 9. The maximum absolute atomic E-state index is 13.6. The topological polar surface area (TPSA) is 166 Å². The van der Waals surface area contributed by atoms with Crippen molar-refractivity contribution in [3.05, 3.63) is 60.8 Å². The number of allylic oxidation sites excluding steroid dienone is 4. The number of carbonyl (C=O) groups excluding carboxylic acids is 1. The number of aliphatic hydroxyl groups excluding tert-OH is 4. The Kier molecular flexibility index (Phi) is 21.5. The fourth-order valence-corrected chi connectivity index (χ4v) is 9.43. The molecule has 12 nitrogen and oxygen atoms in total. The predicted octanol–water partition coefficient (Wildman–Crippen LogP) is 7.18. The van der Waals surface area contributed by atoms with Crippen LogP contribution >= 0.6 is 0 Å². The molecule has 0 radical (unpaired) electrons. The second-order valence-corrected chi connectivity index (χ2v) is 18.8. The molecule has 0 aromatic carbocycles. The minimum Gasteiger partial charge on any atom is -0.459 e. The van der Waals surface area contributed by atoms with Gasteiger partial charge in [0.25, 0.3) is 0 Å². The summed E-state index contributed by atoms with van der Waals surface area (Å²) in [5.74, 6) is -2.23. The van der Waals surface area contributed by atoms with E-state index in [-0.39, 0.29) is 60.9 Å². The van der Waals surface area contributed by atoms with Gasteiger partial charge in [0.2, 0.25) is 0 Å². The van der Waals surface area contributed by atoms with E-state index < -0.39 is 66.5 Å². The molecule has 19 unspecified atom stereocenters. The molecule has 0 aliphatic carbocycles. The zero-order valence-corrected chi connectivity index (χ0v) is 39.3. The first-order valence-corrected chi connectivity index (χ1v) is 23.5. The van der Waals surface area contributed by atoms with Crippen molar-refractivity contribution in [1.29, 1.82) is 0 Å². The number of fused-ring (bicyclic) bond motifs is 2. The van der Waals surface area contributed by atoms with Gasteiger partial charge in [-0.2, -0.15) is 0 Å². The molecule has 3 saturated heterocycles. The molecule has 4 aliphatic heterocycles. The van der Waals surface area contributed by atoms with E-state index in [0.717, 1.165) is 25.7 Å². The average molecular weight is 875 g/mol. The number of methoxy groups -OCH3 is 3. The van der Waals surface area contributed by atoms with Gasteiger partial charge in [0.1, 0.15) is 12.2 Å². The molecule has 354 valence electrons. The highest BCUT2D eigenvalue weighted by atomic mass is 16.7. The number of esters is 1. The Morgan fingerprint density at radius 3 is 2.15 bits per heavy atom. The van der Waals surface area contributed by atoms with E-state index in [2.05, 4.69) is 20.8 Å². The van der Waals surface area contributed by atoms with Crippen LogP contribution in [0.3, 0.4) is 0 Å². The van der Waals surface area contributed by atoms with Crippen LogP contribution in [0.1, 0.15) is 113 Å². The molecule has 1 spiro atoms. The third kappa shape index (κ3) is 15.2. The zero-order chi connectivity index (χ0) is 45.6. The molecular weight excluding hydrogens is 793 g/mol. The Morgan fingerprint density at radius 1 is 0.774 bits per heavy atom. The number of hydrogen-bond acceptors (Lipinski definition) is 12. The van der Waals surface area contributed by atoms with Crippen molar-refractivity contribution in [2.45, 2.75) is 192 Å². The molecule has 2 bridgehead atoms. The van der Waals surface area contributed by atoms with E-state index in [9.17, 15) is 25.2 Å². The summed E-state index contributed by atoms with van der Waals surface area (Å²) in [5, 5.41) is 44.5. The number of ether oxygens (including phenoxy) is 7. The van der Waals surface area contributed by atoms with Gasteiger partial charge < -0.3 is 53.6 Å². The van der Waals surface area contributed by atoms with Gasteiger partial charge in [-0.1, -0.05) is 110 Å². The standard InChI is InChI=1S/C50H82O12/c1-11-18-34(5)47-49(60-47)48(58-10)36(7)42-21-17-26-50(61-42)30-45-35(6)44(62-50)29-40(53)31(2)19-15-13-12-14-16-20-43(57-9)41(54)28-39(52)32(3)22-24-37(56-8)27-38(51)33(4)23-25-46(55)59-45/h12-16,19,22-25,31-45,47-49,51-54H,11,17-18,20-21,26-30H2,1-10H3. The molecule has 4 heterocycles. The van der Waals surface area contributed by atoms with Crippen molar-refractivity contribution >= 4 is 5.97 Å².